The first-order valence-electron chi connectivity index (χ1n) is 8.37. The fourth-order valence-electron chi connectivity index (χ4n) is 3.39. The molecule has 1 aliphatic rings. The minimum atomic E-state index is -0.317. The molecule has 2 aromatic rings. The van der Waals surface area contributed by atoms with Crippen LogP contribution in [0.1, 0.15) is 52.4 Å². The molecule has 1 aromatic carbocycles. The second-order valence-electron chi connectivity index (χ2n) is 7.30. The van der Waals surface area contributed by atoms with Gasteiger partial charge in [0, 0.05) is 34.0 Å². The number of nitrogens with one attached hydrogen (secondary N) is 2. The summed E-state index contributed by atoms with van der Waals surface area (Å²) in [6, 6.07) is 4.87. The number of fused-ring (bicyclic) bond motifs is 1. The predicted molar refractivity (Wildman–Crippen MR) is 104 cm³/mol. The van der Waals surface area contributed by atoms with E-state index in [-0.39, 0.29) is 17.4 Å². The Bertz CT molecular complexity index is 896. The highest BCUT2D eigenvalue weighted by molar-refractivity contribution is 6.35. The van der Waals surface area contributed by atoms with E-state index < -0.39 is 0 Å². The van der Waals surface area contributed by atoms with E-state index in [1.54, 1.807) is 29.8 Å². The third kappa shape index (κ3) is 3.46. The Balaban J connectivity index is 2.02. The van der Waals surface area contributed by atoms with Crippen LogP contribution in [0.2, 0.25) is 10.0 Å². The van der Waals surface area contributed by atoms with Crippen molar-refractivity contribution in [3.63, 3.8) is 0 Å². The molecular formula is C19H21Cl2N3O2. The highest BCUT2D eigenvalue weighted by Gasteiger charge is 2.34. The summed E-state index contributed by atoms with van der Waals surface area (Å²) in [5.41, 5.74) is 2.82. The molecule has 1 aromatic heterocycles. The number of benzene rings is 1. The molecule has 7 heteroatoms. The highest BCUT2D eigenvalue weighted by Crippen LogP contribution is 2.30. The molecule has 0 atom stereocenters. The van der Waals surface area contributed by atoms with Crippen molar-refractivity contribution < 1.29 is 9.59 Å². The van der Waals surface area contributed by atoms with Crippen LogP contribution in [-0.2, 0) is 13.5 Å². The summed E-state index contributed by atoms with van der Waals surface area (Å²) in [5.74, 6) is -0.428. The SMILES string of the molecule is Cc1c2c(c(C(=O)Nc3cc(Cl)cc(Cl)c3)n1C)CCC(C)(C)NC2=O. The molecular weight excluding hydrogens is 373 g/mol. The van der Waals surface area contributed by atoms with Crippen LogP contribution < -0.4 is 10.6 Å². The zero-order valence-electron chi connectivity index (χ0n) is 15.2. The lowest BCUT2D eigenvalue weighted by Crippen LogP contribution is -2.42. The largest absolute Gasteiger partial charge is 0.347 e. The average molecular weight is 394 g/mol. The van der Waals surface area contributed by atoms with Crippen molar-refractivity contribution in [3.8, 4) is 0 Å². The van der Waals surface area contributed by atoms with E-state index >= 15 is 0 Å². The molecule has 138 valence electrons. The molecule has 0 saturated carbocycles. The third-order valence-electron chi connectivity index (χ3n) is 4.80. The maximum atomic E-state index is 13.0. The molecule has 0 bridgehead atoms. The van der Waals surface area contributed by atoms with Gasteiger partial charge in [0.15, 0.2) is 0 Å². The van der Waals surface area contributed by atoms with Crippen LogP contribution in [0.4, 0.5) is 5.69 Å². The molecule has 2 amide bonds. The van der Waals surface area contributed by atoms with Crippen molar-refractivity contribution in [2.75, 3.05) is 5.32 Å². The van der Waals surface area contributed by atoms with Crippen LogP contribution >= 0.6 is 23.2 Å². The molecule has 26 heavy (non-hydrogen) atoms. The molecule has 0 fully saturated rings. The van der Waals surface area contributed by atoms with Gasteiger partial charge in [-0.3, -0.25) is 9.59 Å². The summed E-state index contributed by atoms with van der Waals surface area (Å²) < 4.78 is 1.77. The summed E-state index contributed by atoms with van der Waals surface area (Å²) in [7, 11) is 1.79. The van der Waals surface area contributed by atoms with Crippen molar-refractivity contribution in [2.45, 2.75) is 39.2 Å². The van der Waals surface area contributed by atoms with E-state index in [0.29, 0.717) is 33.4 Å². The minimum absolute atomic E-state index is 0.138. The van der Waals surface area contributed by atoms with E-state index in [9.17, 15) is 9.59 Å². The summed E-state index contributed by atoms with van der Waals surface area (Å²) in [6.45, 7) is 5.82. The van der Waals surface area contributed by atoms with Gasteiger partial charge in [0.05, 0.1) is 5.56 Å². The van der Waals surface area contributed by atoms with Gasteiger partial charge in [0.1, 0.15) is 5.69 Å². The normalized spacial score (nSPS) is 15.8. The zero-order valence-corrected chi connectivity index (χ0v) is 16.7. The van der Waals surface area contributed by atoms with Crippen molar-refractivity contribution in [1.29, 1.82) is 0 Å². The number of hydrogen-bond donors (Lipinski definition) is 2. The molecule has 1 aliphatic heterocycles. The van der Waals surface area contributed by atoms with Gasteiger partial charge < -0.3 is 15.2 Å². The van der Waals surface area contributed by atoms with E-state index in [1.165, 1.54) is 0 Å². The first-order valence-corrected chi connectivity index (χ1v) is 9.13. The van der Waals surface area contributed by atoms with Gasteiger partial charge in [-0.05, 0) is 57.4 Å². The second-order valence-corrected chi connectivity index (χ2v) is 8.17. The van der Waals surface area contributed by atoms with Gasteiger partial charge in [0.2, 0.25) is 0 Å². The second kappa shape index (κ2) is 6.63. The Hall–Kier alpha value is -1.98. The fourth-order valence-corrected chi connectivity index (χ4v) is 3.92. The number of carbonyl (C=O) groups is 2. The van der Waals surface area contributed by atoms with Crippen LogP contribution in [0.5, 0.6) is 0 Å². The van der Waals surface area contributed by atoms with E-state index in [2.05, 4.69) is 10.6 Å². The van der Waals surface area contributed by atoms with Crippen molar-refractivity contribution >= 4 is 40.7 Å². The summed E-state index contributed by atoms with van der Waals surface area (Å²) >= 11 is 12.0. The molecule has 0 radical (unpaired) electrons. The average Bonchev–Trinajstić information content (AvgIpc) is 2.67. The number of amides is 2. The first-order chi connectivity index (χ1) is 12.1. The number of aromatic nitrogens is 1. The maximum Gasteiger partial charge on any atom is 0.272 e. The van der Waals surface area contributed by atoms with E-state index in [4.69, 9.17) is 23.2 Å². The lowest BCUT2D eigenvalue weighted by Gasteiger charge is -2.23. The lowest BCUT2D eigenvalue weighted by atomic mass is 9.96. The van der Waals surface area contributed by atoms with Gasteiger partial charge in [0.25, 0.3) is 11.8 Å². The number of carbonyl (C=O) groups excluding carboxylic acids is 2. The van der Waals surface area contributed by atoms with Crippen LogP contribution in [0.25, 0.3) is 0 Å². The molecule has 2 N–H and O–H groups in total. The molecule has 0 aliphatic carbocycles. The summed E-state index contributed by atoms with van der Waals surface area (Å²) in [4.78, 5) is 25.7. The minimum Gasteiger partial charge on any atom is -0.347 e. The number of halogens is 2. The highest BCUT2D eigenvalue weighted by atomic mass is 35.5. The molecule has 5 nitrogen and oxygen atoms in total. The first kappa shape index (κ1) is 18.8. The van der Waals surface area contributed by atoms with Crippen LogP contribution in [0.3, 0.4) is 0 Å². The molecule has 0 spiro atoms. The lowest BCUT2D eigenvalue weighted by molar-refractivity contribution is 0.0914. The van der Waals surface area contributed by atoms with Crippen LogP contribution in [0.15, 0.2) is 18.2 Å². The smallest absolute Gasteiger partial charge is 0.272 e. The number of hydrogen-bond acceptors (Lipinski definition) is 2. The van der Waals surface area contributed by atoms with Gasteiger partial charge in [-0.2, -0.15) is 0 Å². The molecule has 3 rings (SSSR count). The zero-order chi connectivity index (χ0) is 19.2. The Morgan fingerprint density at radius 2 is 1.85 bits per heavy atom. The van der Waals surface area contributed by atoms with Gasteiger partial charge in [-0.1, -0.05) is 23.2 Å². The van der Waals surface area contributed by atoms with Crippen molar-refractivity contribution in [2.24, 2.45) is 7.05 Å². The Kier molecular flexibility index (Phi) is 4.80. The van der Waals surface area contributed by atoms with Gasteiger partial charge >= 0.3 is 0 Å². The molecule has 0 saturated heterocycles. The van der Waals surface area contributed by atoms with Crippen LogP contribution in [0, 0.1) is 6.92 Å². The predicted octanol–water partition coefficient (Wildman–Crippen LogP) is 4.35. The summed E-state index contributed by atoms with van der Waals surface area (Å²) in [6.07, 6.45) is 1.39. The number of nitrogens with zero attached hydrogens (tertiary/aromatic N) is 1. The quantitative estimate of drug-likeness (QED) is 0.796. The molecule has 2 heterocycles. The third-order valence-corrected chi connectivity index (χ3v) is 5.24. The number of rotatable bonds is 2. The topological polar surface area (TPSA) is 63.1 Å². The Labute approximate surface area is 162 Å². The summed E-state index contributed by atoms with van der Waals surface area (Å²) in [5, 5.41) is 6.76. The maximum absolute atomic E-state index is 13.0. The monoisotopic (exact) mass is 393 g/mol. The van der Waals surface area contributed by atoms with E-state index in [0.717, 1.165) is 17.7 Å². The number of anilines is 1. The standard InChI is InChI=1S/C19H21Cl2N3O2/c1-10-15-14(5-6-19(2,3)23-17(15)25)16(24(10)4)18(26)22-13-8-11(20)7-12(21)9-13/h7-9H,5-6H2,1-4H3,(H,22,26)(H,23,25). The van der Waals surface area contributed by atoms with Crippen molar-refractivity contribution in [1.82, 2.24) is 9.88 Å². The van der Waals surface area contributed by atoms with Gasteiger partial charge in [-0.15, -0.1) is 0 Å². The van der Waals surface area contributed by atoms with Crippen molar-refractivity contribution in [3.05, 3.63) is 50.8 Å². The van der Waals surface area contributed by atoms with E-state index in [1.807, 2.05) is 20.8 Å². The fraction of sp³-hybridized carbons (Fsp3) is 0.368. The van der Waals surface area contributed by atoms with Crippen LogP contribution in [-0.4, -0.2) is 21.9 Å². The Morgan fingerprint density at radius 1 is 1.23 bits per heavy atom. The molecule has 0 unspecified atom stereocenters. The Morgan fingerprint density at radius 3 is 2.46 bits per heavy atom. The van der Waals surface area contributed by atoms with Gasteiger partial charge in [-0.25, -0.2) is 0 Å².